The summed E-state index contributed by atoms with van der Waals surface area (Å²) in [6.45, 7) is 2.85. The molecule has 4 aromatic rings. The van der Waals surface area contributed by atoms with Gasteiger partial charge in [0.15, 0.2) is 5.82 Å². The van der Waals surface area contributed by atoms with Gasteiger partial charge in [0, 0.05) is 27.8 Å². The molecule has 1 atom stereocenters. The normalized spacial score (nSPS) is 12.0. The maximum atomic E-state index is 12.9. The van der Waals surface area contributed by atoms with Gasteiger partial charge in [-0.2, -0.15) is 10.2 Å². The predicted octanol–water partition coefficient (Wildman–Crippen LogP) is 3.37. The molecule has 1 unspecified atom stereocenters. The highest BCUT2D eigenvalue weighted by Crippen LogP contribution is 2.35. The number of aromatic nitrogens is 6. The molecule has 184 valence electrons. The summed E-state index contributed by atoms with van der Waals surface area (Å²) in [5.41, 5.74) is 2.31. The number of methoxy groups -OCH3 is 2. The number of halogens is 1. The van der Waals surface area contributed by atoms with Crippen molar-refractivity contribution in [2.75, 3.05) is 50.0 Å². The number of thiazole rings is 1. The van der Waals surface area contributed by atoms with Gasteiger partial charge in [-0.3, -0.25) is 0 Å². The number of anilines is 3. The maximum absolute atomic E-state index is 12.9. The minimum atomic E-state index is -0.490. The second-order valence-corrected chi connectivity index (χ2v) is 9.12. The van der Waals surface area contributed by atoms with Gasteiger partial charge in [0.25, 0.3) is 0 Å². The predicted molar refractivity (Wildman–Crippen MR) is 135 cm³/mol. The van der Waals surface area contributed by atoms with Gasteiger partial charge in [0.1, 0.15) is 10.3 Å². The molecular formula is C21H24ClN9O3S. The first kappa shape index (κ1) is 24.7. The molecule has 0 aliphatic carbocycles. The second-order valence-electron chi connectivity index (χ2n) is 7.53. The summed E-state index contributed by atoms with van der Waals surface area (Å²) < 4.78 is 10.8. The van der Waals surface area contributed by atoms with Crippen molar-refractivity contribution in [2.24, 2.45) is 0 Å². The smallest absolute Gasteiger partial charge is 0.323 e. The van der Waals surface area contributed by atoms with E-state index in [-0.39, 0.29) is 11.1 Å². The molecule has 4 heterocycles. The molecule has 0 saturated heterocycles. The van der Waals surface area contributed by atoms with Gasteiger partial charge in [0.2, 0.25) is 0 Å². The quantitative estimate of drug-likeness (QED) is 0.343. The highest BCUT2D eigenvalue weighted by molar-refractivity contribution is 7.18. The third-order valence-electron chi connectivity index (χ3n) is 4.99. The van der Waals surface area contributed by atoms with Gasteiger partial charge in [0.05, 0.1) is 64.6 Å². The number of rotatable bonds is 9. The number of carbonyl (C=O) groups excluding carboxylic acids is 1. The number of carbonyl (C=O) groups is 1. The van der Waals surface area contributed by atoms with Crippen molar-refractivity contribution in [3.8, 4) is 5.82 Å². The largest absolute Gasteiger partial charge is 0.382 e. The minimum absolute atomic E-state index is 0.175. The zero-order valence-corrected chi connectivity index (χ0v) is 21.1. The molecular weight excluding hydrogens is 494 g/mol. The Hall–Kier alpha value is -3.39. The highest BCUT2D eigenvalue weighted by Gasteiger charge is 2.21. The zero-order chi connectivity index (χ0) is 24.9. The van der Waals surface area contributed by atoms with E-state index in [0.29, 0.717) is 35.9 Å². The lowest BCUT2D eigenvalue weighted by Gasteiger charge is -2.26. The summed E-state index contributed by atoms with van der Waals surface area (Å²) in [6, 6.07) is 1.08. The van der Waals surface area contributed by atoms with Gasteiger partial charge in [-0.05, 0) is 13.0 Å². The van der Waals surface area contributed by atoms with Gasteiger partial charge >= 0.3 is 6.03 Å². The number of ether oxygens (including phenoxy) is 2. The van der Waals surface area contributed by atoms with Crippen molar-refractivity contribution in [3.05, 3.63) is 40.9 Å². The number of pyridine rings is 2. The Kier molecular flexibility index (Phi) is 7.70. The van der Waals surface area contributed by atoms with Crippen LogP contribution in [0.2, 0.25) is 5.02 Å². The Bertz CT molecular complexity index is 1320. The summed E-state index contributed by atoms with van der Waals surface area (Å²) in [5, 5.41) is 14.8. The van der Waals surface area contributed by atoms with Crippen molar-refractivity contribution < 1.29 is 14.3 Å². The van der Waals surface area contributed by atoms with Gasteiger partial charge < -0.3 is 25.0 Å². The summed E-state index contributed by atoms with van der Waals surface area (Å²) >= 11 is 7.79. The molecule has 0 fully saturated rings. The van der Waals surface area contributed by atoms with Crippen LogP contribution in [0.1, 0.15) is 5.01 Å². The van der Waals surface area contributed by atoms with E-state index in [9.17, 15) is 4.79 Å². The summed E-state index contributed by atoms with van der Waals surface area (Å²) in [4.78, 5) is 30.3. The number of nitrogens with one attached hydrogen (secondary N) is 2. The number of urea groups is 1. The van der Waals surface area contributed by atoms with Crippen LogP contribution in [0, 0.1) is 6.92 Å². The van der Waals surface area contributed by atoms with E-state index < -0.39 is 6.03 Å². The molecule has 2 N–H and O–H groups in total. The Morgan fingerprint density at radius 1 is 1.23 bits per heavy atom. The Labute approximate surface area is 210 Å². The number of likely N-dealkylation sites (N-methyl/N-ethyl adjacent to an activating group) is 1. The van der Waals surface area contributed by atoms with E-state index in [1.807, 2.05) is 18.9 Å². The monoisotopic (exact) mass is 517 g/mol. The van der Waals surface area contributed by atoms with Crippen LogP contribution in [0.5, 0.6) is 0 Å². The van der Waals surface area contributed by atoms with E-state index >= 15 is 0 Å². The third kappa shape index (κ3) is 5.65. The summed E-state index contributed by atoms with van der Waals surface area (Å²) in [5.74, 6) is 0.351. The Morgan fingerprint density at radius 3 is 2.69 bits per heavy atom. The van der Waals surface area contributed by atoms with Crippen molar-refractivity contribution in [1.82, 2.24) is 29.9 Å². The average molecular weight is 518 g/mol. The molecule has 4 aromatic heterocycles. The number of hydrogen-bond acceptors (Lipinski definition) is 10. The van der Waals surface area contributed by atoms with E-state index in [1.165, 1.54) is 34.7 Å². The molecule has 14 heteroatoms. The first-order chi connectivity index (χ1) is 16.9. The number of hydrogen-bond donors (Lipinski definition) is 2. The van der Waals surface area contributed by atoms with Crippen molar-refractivity contribution in [1.29, 1.82) is 0 Å². The standard InChI is InChI=1S/C21H24ClN9O3S/c1-12-27-17-18(30(2)10-14(34-4)11-33-3)16(9-24-20(17)35-12)29-21(32)28-13-7-15(22)19(23-8-13)31-25-5-6-26-31/h5-9,14H,10-11H2,1-4H3,(H2,28,29,32). The van der Waals surface area contributed by atoms with E-state index in [4.69, 9.17) is 21.1 Å². The van der Waals surface area contributed by atoms with E-state index in [1.54, 1.807) is 26.5 Å². The van der Waals surface area contributed by atoms with Crippen LogP contribution in [0.15, 0.2) is 30.9 Å². The molecule has 35 heavy (non-hydrogen) atoms. The van der Waals surface area contributed by atoms with Crippen LogP contribution >= 0.6 is 22.9 Å². The molecule has 0 bridgehead atoms. The second kappa shape index (κ2) is 10.9. The highest BCUT2D eigenvalue weighted by atomic mass is 35.5. The lowest BCUT2D eigenvalue weighted by atomic mass is 10.2. The number of amides is 2. The third-order valence-corrected chi connectivity index (χ3v) is 6.14. The van der Waals surface area contributed by atoms with E-state index in [0.717, 1.165) is 15.5 Å². The Morgan fingerprint density at radius 2 is 2.00 bits per heavy atom. The fraction of sp³-hybridized carbons (Fsp3) is 0.333. The van der Waals surface area contributed by atoms with Crippen LogP contribution in [0.25, 0.3) is 16.2 Å². The van der Waals surface area contributed by atoms with Crippen LogP contribution < -0.4 is 15.5 Å². The molecule has 0 spiro atoms. The molecule has 0 radical (unpaired) electrons. The average Bonchev–Trinajstić information content (AvgIpc) is 3.47. The molecule has 0 aromatic carbocycles. The van der Waals surface area contributed by atoms with Crippen molar-refractivity contribution >= 4 is 56.4 Å². The molecule has 12 nitrogen and oxygen atoms in total. The summed E-state index contributed by atoms with van der Waals surface area (Å²) in [7, 11) is 5.16. The lowest BCUT2D eigenvalue weighted by Crippen LogP contribution is -2.34. The van der Waals surface area contributed by atoms with Gasteiger partial charge in [-0.1, -0.05) is 22.9 Å². The Balaban J connectivity index is 1.57. The van der Waals surface area contributed by atoms with Gasteiger partial charge in [-0.25, -0.2) is 19.7 Å². The fourth-order valence-electron chi connectivity index (χ4n) is 3.48. The SMILES string of the molecule is COCC(CN(C)c1c(NC(=O)Nc2cnc(-n3nccn3)c(Cl)c2)cnc2sc(C)nc12)OC. The molecule has 0 aliphatic heterocycles. The van der Waals surface area contributed by atoms with Crippen LogP contribution in [-0.2, 0) is 9.47 Å². The molecule has 4 rings (SSSR count). The lowest BCUT2D eigenvalue weighted by molar-refractivity contribution is 0.0335. The zero-order valence-electron chi connectivity index (χ0n) is 19.5. The molecule has 0 aliphatic rings. The number of aryl methyl sites for hydroxylation is 1. The number of fused-ring (bicyclic) bond motifs is 1. The van der Waals surface area contributed by atoms with Crippen LogP contribution in [-0.4, -0.2) is 76.5 Å². The topological polar surface area (TPSA) is 132 Å². The summed E-state index contributed by atoms with van der Waals surface area (Å²) in [6.07, 6.45) is 5.94. The van der Waals surface area contributed by atoms with Crippen LogP contribution in [0.3, 0.4) is 0 Å². The first-order valence-corrected chi connectivity index (χ1v) is 11.7. The van der Waals surface area contributed by atoms with Crippen molar-refractivity contribution in [3.63, 3.8) is 0 Å². The van der Waals surface area contributed by atoms with E-state index in [2.05, 4.69) is 35.8 Å². The maximum Gasteiger partial charge on any atom is 0.323 e. The number of nitrogens with zero attached hydrogens (tertiary/aromatic N) is 7. The van der Waals surface area contributed by atoms with Crippen molar-refractivity contribution in [2.45, 2.75) is 13.0 Å². The molecule has 0 saturated carbocycles. The minimum Gasteiger partial charge on any atom is -0.382 e. The first-order valence-electron chi connectivity index (χ1n) is 10.5. The fourth-order valence-corrected chi connectivity index (χ4v) is 4.48. The molecule has 2 amide bonds. The van der Waals surface area contributed by atoms with Crippen LogP contribution in [0.4, 0.5) is 21.9 Å². The van der Waals surface area contributed by atoms with Gasteiger partial charge in [-0.15, -0.1) is 4.80 Å².